The van der Waals surface area contributed by atoms with Gasteiger partial charge in [-0.2, -0.15) is 0 Å². The lowest BCUT2D eigenvalue weighted by Crippen LogP contribution is -2.16. The summed E-state index contributed by atoms with van der Waals surface area (Å²) in [6.45, 7) is 4.71. The van der Waals surface area contributed by atoms with Gasteiger partial charge in [-0.15, -0.1) is 0 Å². The van der Waals surface area contributed by atoms with Crippen LogP contribution in [-0.2, 0) is 5.41 Å². The van der Waals surface area contributed by atoms with Gasteiger partial charge in [0.05, 0.1) is 16.7 Å². The Labute approximate surface area is 321 Å². The Morgan fingerprint density at radius 1 is 0.418 bits per heavy atom. The Kier molecular flexibility index (Phi) is 6.93. The van der Waals surface area contributed by atoms with Crippen LogP contribution in [0.3, 0.4) is 0 Å². The van der Waals surface area contributed by atoms with Crippen LogP contribution < -0.4 is 4.90 Å². The number of rotatable bonds is 5. The maximum absolute atomic E-state index is 2.43. The largest absolute Gasteiger partial charge is 0.310 e. The molecular formula is C53H38N2. The highest BCUT2D eigenvalue weighted by Crippen LogP contribution is 2.51. The highest BCUT2D eigenvalue weighted by Gasteiger charge is 2.35. The van der Waals surface area contributed by atoms with E-state index in [1.807, 2.05) is 0 Å². The molecule has 1 aliphatic carbocycles. The first kappa shape index (κ1) is 31.6. The molecule has 0 N–H and O–H groups in total. The fraction of sp³-hybridized carbons (Fsp3) is 0.0566. The zero-order valence-electron chi connectivity index (χ0n) is 30.9. The van der Waals surface area contributed by atoms with E-state index in [0.717, 1.165) is 17.1 Å². The van der Waals surface area contributed by atoms with Crippen LogP contribution in [0.4, 0.5) is 17.1 Å². The summed E-state index contributed by atoms with van der Waals surface area (Å²) in [5, 5.41) is 7.53. The summed E-state index contributed by atoms with van der Waals surface area (Å²) in [6, 6.07) is 71.4. The monoisotopic (exact) mass is 702 g/mol. The number of anilines is 3. The second-order valence-electron chi connectivity index (χ2n) is 15.4. The molecule has 2 nitrogen and oxygen atoms in total. The van der Waals surface area contributed by atoms with Crippen molar-refractivity contribution in [2.45, 2.75) is 19.3 Å². The summed E-state index contributed by atoms with van der Waals surface area (Å²) in [5.41, 5.74) is 14.8. The molecule has 260 valence electrons. The average Bonchev–Trinajstić information content (AvgIpc) is 3.70. The minimum Gasteiger partial charge on any atom is -0.310 e. The minimum atomic E-state index is -0.0886. The minimum absolute atomic E-state index is 0.0886. The molecule has 0 unspecified atom stereocenters. The standard InChI is InChI=1S/C53H38N2/c1-53(2)48-19-9-7-17-44(48)45-33-31-41(34-49(45)53)54(50-21-11-14-37-12-3-5-15-42(37)50)39-27-22-35(23-28-39)36-24-29-40(30-25-36)55-51-20-10-8-18-46(51)47-32-26-38-13-4-6-16-43(38)52(47)55/h3-34H,1-2H3. The zero-order chi connectivity index (χ0) is 36.7. The lowest BCUT2D eigenvalue weighted by atomic mass is 9.82. The molecule has 0 fully saturated rings. The second kappa shape index (κ2) is 12.1. The predicted molar refractivity (Wildman–Crippen MR) is 233 cm³/mol. The smallest absolute Gasteiger partial charge is 0.0619 e. The number of benzene rings is 9. The maximum atomic E-state index is 2.43. The van der Waals surface area contributed by atoms with E-state index in [2.05, 4.69) is 217 Å². The van der Waals surface area contributed by atoms with Gasteiger partial charge in [0, 0.05) is 44.0 Å². The van der Waals surface area contributed by atoms with Gasteiger partial charge in [0.1, 0.15) is 0 Å². The van der Waals surface area contributed by atoms with Crippen LogP contribution in [0.2, 0.25) is 0 Å². The number of hydrogen-bond acceptors (Lipinski definition) is 1. The molecule has 0 aliphatic heterocycles. The van der Waals surface area contributed by atoms with E-state index in [1.165, 1.54) is 82.4 Å². The molecule has 11 rings (SSSR count). The topological polar surface area (TPSA) is 8.17 Å². The molecule has 0 saturated heterocycles. The van der Waals surface area contributed by atoms with Crippen LogP contribution >= 0.6 is 0 Å². The first-order chi connectivity index (χ1) is 27.0. The van der Waals surface area contributed by atoms with Gasteiger partial charge in [-0.1, -0.05) is 159 Å². The summed E-state index contributed by atoms with van der Waals surface area (Å²) in [7, 11) is 0. The van der Waals surface area contributed by atoms with Gasteiger partial charge in [-0.3, -0.25) is 0 Å². The fourth-order valence-electron chi connectivity index (χ4n) is 9.27. The number of para-hydroxylation sites is 1. The summed E-state index contributed by atoms with van der Waals surface area (Å²) in [5.74, 6) is 0. The third kappa shape index (κ3) is 4.81. The number of fused-ring (bicyclic) bond motifs is 9. The summed E-state index contributed by atoms with van der Waals surface area (Å²) in [4.78, 5) is 2.43. The Morgan fingerprint density at radius 3 is 1.82 bits per heavy atom. The Morgan fingerprint density at radius 2 is 1.02 bits per heavy atom. The van der Waals surface area contributed by atoms with E-state index in [9.17, 15) is 0 Å². The van der Waals surface area contributed by atoms with E-state index in [4.69, 9.17) is 0 Å². The molecule has 2 heteroatoms. The quantitative estimate of drug-likeness (QED) is 0.173. The van der Waals surface area contributed by atoms with Crippen molar-refractivity contribution < 1.29 is 0 Å². The highest BCUT2D eigenvalue weighted by molar-refractivity contribution is 6.18. The molecular weight excluding hydrogens is 665 g/mol. The number of aromatic nitrogens is 1. The summed E-state index contributed by atoms with van der Waals surface area (Å²) in [6.07, 6.45) is 0. The lowest BCUT2D eigenvalue weighted by molar-refractivity contribution is 0.660. The van der Waals surface area contributed by atoms with E-state index in [-0.39, 0.29) is 5.41 Å². The molecule has 0 radical (unpaired) electrons. The molecule has 1 aliphatic rings. The van der Waals surface area contributed by atoms with Crippen molar-refractivity contribution in [1.82, 2.24) is 4.57 Å². The van der Waals surface area contributed by atoms with Crippen LogP contribution in [0.25, 0.3) is 71.3 Å². The molecule has 1 heterocycles. The van der Waals surface area contributed by atoms with Crippen molar-refractivity contribution in [3.8, 4) is 27.9 Å². The Bertz CT molecular complexity index is 3100. The molecule has 1 aromatic heterocycles. The van der Waals surface area contributed by atoms with Crippen molar-refractivity contribution in [3.05, 3.63) is 205 Å². The van der Waals surface area contributed by atoms with Crippen molar-refractivity contribution in [3.63, 3.8) is 0 Å². The molecule has 10 aromatic rings. The van der Waals surface area contributed by atoms with Crippen LogP contribution in [0.5, 0.6) is 0 Å². The Balaban J connectivity index is 1.01. The third-order valence-electron chi connectivity index (χ3n) is 12.0. The van der Waals surface area contributed by atoms with Crippen LogP contribution in [0.15, 0.2) is 194 Å². The Hall–Kier alpha value is -6.90. The van der Waals surface area contributed by atoms with Gasteiger partial charge in [0.25, 0.3) is 0 Å². The predicted octanol–water partition coefficient (Wildman–Crippen LogP) is 14.5. The van der Waals surface area contributed by atoms with Gasteiger partial charge < -0.3 is 9.47 Å². The van der Waals surface area contributed by atoms with Gasteiger partial charge in [-0.25, -0.2) is 0 Å². The summed E-state index contributed by atoms with van der Waals surface area (Å²) >= 11 is 0. The van der Waals surface area contributed by atoms with Gasteiger partial charge in [0.15, 0.2) is 0 Å². The maximum Gasteiger partial charge on any atom is 0.0619 e. The highest BCUT2D eigenvalue weighted by atomic mass is 15.1. The second-order valence-corrected chi connectivity index (χ2v) is 15.4. The average molecular weight is 703 g/mol. The number of hydrogen-bond donors (Lipinski definition) is 0. The SMILES string of the molecule is CC1(C)c2ccccc2-c2ccc(N(c3ccc(-c4ccc(-n5c6ccccc6c6ccc7ccccc7c65)cc4)cc3)c3cccc4ccccc34)cc21. The van der Waals surface area contributed by atoms with E-state index < -0.39 is 0 Å². The van der Waals surface area contributed by atoms with Gasteiger partial charge >= 0.3 is 0 Å². The van der Waals surface area contributed by atoms with Crippen LogP contribution in [-0.4, -0.2) is 4.57 Å². The lowest BCUT2D eigenvalue weighted by Gasteiger charge is -2.29. The van der Waals surface area contributed by atoms with Crippen molar-refractivity contribution in [1.29, 1.82) is 0 Å². The first-order valence-electron chi connectivity index (χ1n) is 19.2. The molecule has 9 aromatic carbocycles. The molecule has 0 bridgehead atoms. The zero-order valence-corrected chi connectivity index (χ0v) is 30.9. The molecule has 0 saturated carbocycles. The van der Waals surface area contributed by atoms with Crippen LogP contribution in [0, 0.1) is 0 Å². The van der Waals surface area contributed by atoms with E-state index in [0.29, 0.717) is 0 Å². The molecule has 0 atom stereocenters. The third-order valence-corrected chi connectivity index (χ3v) is 12.0. The molecule has 0 spiro atoms. The molecule has 55 heavy (non-hydrogen) atoms. The van der Waals surface area contributed by atoms with Gasteiger partial charge in [0.2, 0.25) is 0 Å². The first-order valence-corrected chi connectivity index (χ1v) is 19.2. The molecule has 0 amide bonds. The summed E-state index contributed by atoms with van der Waals surface area (Å²) < 4.78 is 2.43. The number of nitrogens with zero attached hydrogens (tertiary/aromatic N) is 2. The van der Waals surface area contributed by atoms with E-state index >= 15 is 0 Å². The van der Waals surface area contributed by atoms with Crippen molar-refractivity contribution in [2.75, 3.05) is 4.90 Å². The fourth-order valence-corrected chi connectivity index (χ4v) is 9.27. The normalized spacial score (nSPS) is 13.1. The van der Waals surface area contributed by atoms with Gasteiger partial charge in [-0.05, 0) is 92.7 Å². The van der Waals surface area contributed by atoms with Crippen LogP contribution in [0.1, 0.15) is 25.0 Å². The van der Waals surface area contributed by atoms with E-state index in [1.54, 1.807) is 0 Å². The van der Waals surface area contributed by atoms with Crippen molar-refractivity contribution >= 4 is 60.4 Å². The van der Waals surface area contributed by atoms with Crippen molar-refractivity contribution in [2.24, 2.45) is 0 Å².